The first-order valence-corrected chi connectivity index (χ1v) is 6.76. The molecule has 4 nitrogen and oxygen atoms in total. The maximum absolute atomic E-state index is 11.7. The smallest absolute Gasteiger partial charge is 0.412 e. The van der Waals surface area contributed by atoms with Crippen molar-refractivity contribution < 1.29 is 14.3 Å². The van der Waals surface area contributed by atoms with Crippen LogP contribution in [0.3, 0.4) is 0 Å². The van der Waals surface area contributed by atoms with Crippen LogP contribution in [0.5, 0.6) is 0 Å². The van der Waals surface area contributed by atoms with Crippen LogP contribution in [0.4, 0.5) is 10.5 Å². The Morgan fingerprint density at radius 3 is 2.40 bits per heavy atom. The van der Waals surface area contributed by atoms with Gasteiger partial charge in [0.15, 0.2) is 0 Å². The topological polar surface area (TPSA) is 55.4 Å². The molecule has 0 spiro atoms. The molecule has 0 bridgehead atoms. The van der Waals surface area contributed by atoms with Gasteiger partial charge in [0.25, 0.3) is 0 Å². The van der Waals surface area contributed by atoms with Crippen molar-refractivity contribution in [3.8, 4) is 0 Å². The third kappa shape index (κ3) is 5.87. The van der Waals surface area contributed by atoms with Crippen LogP contribution >= 0.6 is 0 Å². The number of anilines is 1. The van der Waals surface area contributed by atoms with E-state index in [0.717, 1.165) is 23.2 Å². The van der Waals surface area contributed by atoms with Gasteiger partial charge >= 0.3 is 6.09 Å². The average Bonchev–Trinajstić information content (AvgIpc) is 2.27. The van der Waals surface area contributed by atoms with E-state index in [1.165, 1.54) is 0 Å². The summed E-state index contributed by atoms with van der Waals surface area (Å²) in [5.74, 6) is 0.179. The Balaban J connectivity index is 2.68. The van der Waals surface area contributed by atoms with Crippen molar-refractivity contribution >= 4 is 17.6 Å². The van der Waals surface area contributed by atoms with Gasteiger partial charge in [-0.2, -0.15) is 0 Å². The second-order valence-electron chi connectivity index (χ2n) is 5.98. The molecule has 110 valence electrons. The predicted molar refractivity (Wildman–Crippen MR) is 80.0 cm³/mol. The number of aryl methyl sites for hydroxylation is 2. The molecule has 0 atom stereocenters. The number of carbonyl (C=O) groups excluding carboxylic acids is 2. The van der Waals surface area contributed by atoms with E-state index in [4.69, 9.17) is 4.74 Å². The van der Waals surface area contributed by atoms with E-state index in [9.17, 15) is 9.59 Å². The van der Waals surface area contributed by atoms with Gasteiger partial charge in [-0.05, 0) is 58.2 Å². The number of carbonyl (C=O) groups is 2. The van der Waals surface area contributed by atoms with Gasteiger partial charge < -0.3 is 9.53 Å². The van der Waals surface area contributed by atoms with Crippen LogP contribution in [0, 0.1) is 6.92 Å². The predicted octanol–water partition coefficient (Wildman–Crippen LogP) is 3.86. The van der Waals surface area contributed by atoms with Crippen molar-refractivity contribution in [2.24, 2.45) is 0 Å². The zero-order valence-corrected chi connectivity index (χ0v) is 12.9. The Kier molecular flexibility index (Phi) is 5.31. The maximum atomic E-state index is 11.7. The van der Waals surface area contributed by atoms with Crippen LogP contribution < -0.4 is 5.32 Å². The summed E-state index contributed by atoms with van der Waals surface area (Å²) in [6.07, 6.45) is 0.804. The molecule has 1 aromatic carbocycles. The second-order valence-corrected chi connectivity index (χ2v) is 5.98. The van der Waals surface area contributed by atoms with E-state index in [1.54, 1.807) is 6.92 Å². The molecule has 0 heterocycles. The van der Waals surface area contributed by atoms with E-state index < -0.39 is 11.7 Å². The monoisotopic (exact) mass is 277 g/mol. The number of benzene rings is 1. The van der Waals surface area contributed by atoms with E-state index in [-0.39, 0.29) is 5.78 Å². The molecule has 20 heavy (non-hydrogen) atoms. The summed E-state index contributed by atoms with van der Waals surface area (Å²) in [4.78, 5) is 22.7. The van der Waals surface area contributed by atoms with Crippen LogP contribution in [0.15, 0.2) is 18.2 Å². The summed E-state index contributed by atoms with van der Waals surface area (Å²) in [5.41, 5.74) is 2.26. The minimum atomic E-state index is -0.514. The lowest BCUT2D eigenvalue weighted by atomic mass is 10.0. The highest BCUT2D eigenvalue weighted by Crippen LogP contribution is 2.19. The van der Waals surface area contributed by atoms with Gasteiger partial charge in [-0.3, -0.25) is 5.32 Å². The molecule has 0 saturated carbocycles. The lowest BCUT2D eigenvalue weighted by Crippen LogP contribution is -2.27. The van der Waals surface area contributed by atoms with E-state index in [0.29, 0.717) is 6.42 Å². The molecule has 0 aliphatic rings. The summed E-state index contributed by atoms with van der Waals surface area (Å²) in [5, 5.41) is 2.73. The largest absolute Gasteiger partial charge is 0.444 e. The number of Topliss-reactive ketones (excluding diaryl/α,β-unsaturated/α-hetero) is 1. The first kappa shape index (κ1) is 16.2. The summed E-state index contributed by atoms with van der Waals surface area (Å²) in [6, 6.07) is 5.74. The number of amides is 1. The third-order valence-electron chi connectivity index (χ3n) is 2.69. The van der Waals surface area contributed by atoms with Gasteiger partial charge in [-0.15, -0.1) is 0 Å². The second kappa shape index (κ2) is 6.55. The molecular formula is C16H23NO3. The number of hydrogen-bond acceptors (Lipinski definition) is 3. The first-order valence-electron chi connectivity index (χ1n) is 6.76. The molecule has 1 N–H and O–H groups in total. The van der Waals surface area contributed by atoms with Crippen LogP contribution in [-0.2, 0) is 16.0 Å². The van der Waals surface area contributed by atoms with Gasteiger partial charge in [0.05, 0.1) is 0 Å². The molecule has 1 amide bonds. The van der Waals surface area contributed by atoms with E-state index in [2.05, 4.69) is 5.32 Å². The Labute approximate surface area is 120 Å². The highest BCUT2D eigenvalue weighted by atomic mass is 16.6. The number of nitrogens with one attached hydrogen (secondary N) is 1. The van der Waals surface area contributed by atoms with Crippen LogP contribution in [0.1, 0.15) is 45.2 Å². The quantitative estimate of drug-likeness (QED) is 0.909. The molecule has 1 rings (SSSR count). The summed E-state index contributed by atoms with van der Waals surface area (Å²) in [6.45, 7) is 8.98. The molecule has 1 aromatic rings. The SMILES string of the molecule is CC(=O)CCc1ccc(NC(=O)OC(C)(C)C)c(C)c1. The Bertz CT molecular complexity index is 501. The molecule has 0 saturated heterocycles. The minimum absolute atomic E-state index is 0.179. The van der Waals surface area contributed by atoms with Gasteiger partial charge in [0.1, 0.15) is 11.4 Å². The van der Waals surface area contributed by atoms with Crippen molar-refractivity contribution in [2.45, 2.75) is 53.1 Å². The van der Waals surface area contributed by atoms with Crippen molar-refractivity contribution in [1.29, 1.82) is 0 Å². The van der Waals surface area contributed by atoms with Crippen molar-refractivity contribution in [1.82, 2.24) is 0 Å². The Hall–Kier alpha value is -1.84. The molecule has 0 aliphatic heterocycles. The minimum Gasteiger partial charge on any atom is -0.444 e. The van der Waals surface area contributed by atoms with Crippen molar-refractivity contribution in [3.05, 3.63) is 29.3 Å². The third-order valence-corrected chi connectivity index (χ3v) is 2.69. The van der Waals surface area contributed by atoms with Crippen LogP contribution in [0.2, 0.25) is 0 Å². The van der Waals surface area contributed by atoms with E-state index in [1.807, 2.05) is 45.9 Å². The number of ketones is 1. The Morgan fingerprint density at radius 1 is 1.25 bits per heavy atom. The lowest BCUT2D eigenvalue weighted by molar-refractivity contribution is -0.116. The fourth-order valence-electron chi connectivity index (χ4n) is 1.76. The molecular weight excluding hydrogens is 254 g/mol. The fourth-order valence-corrected chi connectivity index (χ4v) is 1.76. The van der Waals surface area contributed by atoms with Crippen molar-refractivity contribution in [2.75, 3.05) is 5.32 Å². The Morgan fingerprint density at radius 2 is 1.90 bits per heavy atom. The maximum Gasteiger partial charge on any atom is 0.412 e. The zero-order valence-electron chi connectivity index (χ0n) is 12.9. The van der Waals surface area contributed by atoms with Gasteiger partial charge in [-0.25, -0.2) is 4.79 Å². The molecule has 0 aliphatic carbocycles. The zero-order chi connectivity index (χ0) is 15.3. The number of ether oxygens (including phenoxy) is 1. The summed E-state index contributed by atoms with van der Waals surface area (Å²) < 4.78 is 5.21. The molecule has 0 aromatic heterocycles. The van der Waals surface area contributed by atoms with E-state index >= 15 is 0 Å². The van der Waals surface area contributed by atoms with Crippen LogP contribution in [-0.4, -0.2) is 17.5 Å². The highest BCUT2D eigenvalue weighted by Gasteiger charge is 2.16. The van der Waals surface area contributed by atoms with Gasteiger partial charge in [-0.1, -0.05) is 12.1 Å². The molecule has 4 heteroatoms. The van der Waals surface area contributed by atoms with Gasteiger partial charge in [0, 0.05) is 12.1 Å². The summed E-state index contributed by atoms with van der Waals surface area (Å²) >= 11 is 0. The fraction of sp³-hybridized carbons (Fsp3) is 0.500. The standard InChI is InChI=1S/C16H23NO3/c1-11-10-13(7-6-12(2)18)8-9-14(11)17-15(19)20-16(3,4)5/h8-10H,6-7H2,1-5H3,(H,17,19). The summed E-state index contributed by atoms with van der Waals surface area (Å²) in [7, 11) is 0. The molecule has 0 unspecified atom stereocenters. The van der Waals surface area contributed by atoms with Gasteiger partial charge in [0.2, 0.25) is 0 Å². The highest BCUT2D eigenvalue weighted by molar-refractivity contribution is 5.86. The average molecular weight is 277 g/mol. The first-order chi connectivity index (χ1) is 9.17. The normalized spacial score (nSPS) is 11.1. The molecule has 0 radical (unpaired) electrons. The van der Waals surface area contributed by atoms with Crippen molar-refractivity contribution in [3.63, 3.8) is 0 Å². The number of hydrogen-bond donors (Lipinski definition) is 1. The molecule has 0 fully saturated rings. The van der Waals surface area contributed by atoms with Crippen LogP contribution in [0.25, 0.3) is 0 Å². The number of rotatable bonds is 4. The lowest BCUT2D eigenvalue weighted by Gasteiger charge is -2.20.